The van der Waals surface area contributed by atoms with Crippen LogP contribution in [0.25, 0.3) is 0 Å². The summed E-state index contributed by atoms with van der Waals surface area (Å²) in [4.78, 5) is 10.2. The zero-order chi connectivity index (χ0) is 8.69. The van der Waals surface area contributed by atoms with Gasteiger partial charge in [0.1, 0.15) is 6.04 Å². The fourth-order valence-electron chi connectivity index (χ4n) is 0.289. The number of carboxylic acids is 1. The molecule has 0 radical (unpaired) electrons. The Morgan fingerprint density at radius 3 is 2.82 bits per heavy atom. The van der Waals surface area contributed by atoms with E-state index in [-0.39, 0.29) is 0 Å². The molecule has 0 aromatic heterocycles. The van der Waals surface area contributed by atoms with Gasteiger partial charge >= 0.3 is 5.97 Å². The molecule has 0 spiro atoms. The molecule has 0 rings (SSSR count). The van der Waals surface area contributed by atoms with Crippen LogP contribution in [0.15, 0.2) is 12.7 Å². The van der Waals surface area contributed by atoms with Gasteiger partial charge in [-0.05, 0) is 0 Å². The van der Waals surface area contributed by atoms with Crippen LogP contribution < -0.4 is 5.73 Å². The van der Waals surface area contributed by atoms with Gasteiger partial charge in [-0.25, -0.2) is 0 Å². The number of hydrogen-bond acceptors (Lipinski definition) is 4. The van der Waals surface area contributed by atoms with E-state index in [0.717, 1.165) is 5.75 Å². The summed E-state index contributed by atoms with van der Waals surface area (Å²) in [5, 5.41) is 8.37. The predicted octanol–water partition coefficient (Wildman–Crippen LogP) is 0.966. The molecule has 0 aromatic rings. The first kappa shape index (κ1) is 10.9. The maximum atomic E-state index is 10.2. The second kappa shape index (κ2) is 6.57. The van der Waals surface area contributed by atoms with E-state index in [1.54, 1.807) is 16.9 Å². The van der Waals surface area contributed by atoms with E-state index in [1.165, 1.54) is 10.8 Å². The summed E-state index contributed by atoms with van der Waals surface area (Å²) >= 11 is 0. The number of aliphatic carboxylic acids is 1. The van der Waals surface area contributed by atoms with Crippen molar-refractivity contribution in [1.82, 2.24) is 0 Å². The van der Waals surface area contributed by atoms with Crippen LogP contribution in [-0.4, -0.2) is 28.6 Å². The standard InChI is InChI=1S/C6H11NO2S2/c1-2-3-10-11-4-5(7)6(8)9/h2,5H,1,3-4,7H2,(H,8,9)/t5-/m1/s1. The number of hydrogen-bond donors (Lipinski definition) is 2. The Labute approximate surface area is 73.8 Å². The minimum Gasteiger partial charge on any atom is -0.480 e. The Hall–Kier alpha value is -0.130. The summed E-state index contributed by atoms with van der Waals surface area (Å²) in [5.74, 6) is 0.307. The first-order valence-corrected chi connectivity index (χ1v) is 5.51. The van der Waals surface area contributed by atoms with Crippen molar-refractivity contribution in [2.24, 2.45) is 5.73 Å². The summed E-state index contributed by atoms with van der Waals surface area (Å²) in [6.45, 7) is 3.53. The van der Waals surface area contributed by atoms with E-state index >= 15 is 0 Å². The fourth-order valence-corrected chi connectivity index (χ4v) is 2.17. The van der Waals surface area contributed by atoms with Crippen molar-refractivity contribution in [2.45, 2.75) is 6.04 Å². The minimum absolute atomic E-state index is 0.438. The van der Waals surface area contributed by atoms with Gasteiger partial charge in [0.05, 0.1) is 0 Å². The molecule has 1 atom stereocenters. The molecule has 0 bridgehead atoms. The average molecular weight is 193 g/mol. The molecule has 64 valence electrons. The van der Waals surface area contributed by atoms with Gasteiger partial charge in [-0.15, -0.1) is 6.58 Å². The molecule has 0 unspecified atom stereocenters. The van der Waals surface area contributed by atoms with Gasteiger partial charge in [0, 0.05) is 11.5 Å². The molecule has 3 N–H and O–H groups in total. The van der Waals surface area contributed by atoms with Gasteiger partial charge in [0.2, 0.25) is 0 Å². The highest BCUT2D eigenvalue weighted by atomic mass is 33.1. The molecule has 0 heterocycles. The third-order valence-electron chi connectivity index (χ3n) is 0.834. The normalized spacial score (nSPS) is 12.5. The van der Waals surface area contributed by atoms with Crippen molar-refractivity contribution >= 4 is 27.6 Å². The van der Waals surface area contributed by atoms with E-state index in [9.17, 15) is 4.79 Å². The maximum Gasteiger partial charge on any atom is 0.321 e. The average Bonchev–Trinajstić information content (AvgIpc) is 1.97. The van der Waals surface area contributed by atoms with E-state index < -0.39 is 12.0 Å². The summed E-state index contributed by atoms with van der Waals surface area (Å²) < 4.78 is 0. The molecule has 0 amide bonds. The second-order valence-corrected chi connectivity index (χ2v) is 4.35. The number of carbonyl (C=O) groups is 1. The van der Waals surface area contributed by atoms with Gasteiger partial charge in [-0.2, -0.15) is 0 Å². The Morgan fingerprint density at radius 2 is 2.36 bits per heavy atom. The summed E-state index contributed by atoms with van der Waals surface area (Å²) in [7, 11) is 3.01. The van der Waals surface area contributed by atoms with E-state index in [4.69, 9.17) is 10.8 Å². The molecular weight excluding hydrogens is 182 g/mol. The van der Waals surface area contributed by atoms with Crippen LogP contribution in [0.2, 0.25) is 0 Å². The zero-order valence-electron chi connectivity index (χ0n) is 6.03. The molecule has 0 fully saturated rings. The Balaban J connectivity index is 3.24. The van der Waals surface area contributed by atoms with Crippen molar-refractivity contribution in [3.05, 3.63) is 12.7 Å². The monoisotopic (exact) mass is 193 g/mol. The quantitative estimate of drug-likeness (QED) is 0.374. The lowest BCUT2D eigenvalue weighted by Gasteiger charge is -2.03. The van der Waals surface area contributed by atoms with Crippen LogP contribution in [0, 0.1) is 0 Å². The van der Waals surface area contributed by atoms with E-state index in [1.807, 2.05) is 0 Å². The molecular formula is C6H11NO2S2. The topological polar surface area (TPSA) is 63.3 Å². The van der Waals surface area contributed by atoms with Gasteiger partial charge in [0.15, 0.2) is 0 Å². The van der Waals surface area contributed by atoms with Crippen molar-refractivity contribution in [2.75, 3.05) is 11.5 Å². The lowest BCUT2D eigenvalue weighted by Crippen LogP contribution is -2.32. The van der Waals surface area contributed by atoms with Crippen molar-refractivity contribution < 1.29 is 9.90 Å². The molecule has 0 aliphatic carbocycles. The first-order valence-electron chi connectivity index (χ1n) is 3.02. The summed E-state index contributed by atoms with van der Waals surface area (Å²) in [5.41, 5.74) is 5.24. The van der Waals surface area contributed by atoms with Gasteiger partial charge in [0.25, 0.3) is 0 Å². The predicted molar refractivity (Wildman–Crippen MR) is 50.7 cm³/mol. The molecule has 0 aliphatic heterocycles. The van der Waals surface area contributed by atoms with E-state index in [2.05, 4.69) is 6.58 Å². The highest BCUT2D eigenvalue weighted by Gasteiger charge is 2.10. The van der Waals surface area contributed by atoms with E-state index in [0.29, 0.717) is 5.75 Å². The molecule has 3 nitrogen and oxygen atoms in total. The third kappa shape index (κ3) is 6.28. The van der Waals surface area contributed by atoms with Crippen LogP contribution in [0.4, 0.5) is 0 Å². The second-order valence-electron chi connectivity index (χ2n) is 1.80. The Bertz CT molecular complexity index is 141. The maximum absolute atomic E-state index is 10.2. The Kier molecular flexibility index (Phi) is 6.49. The lowest BCUT2D eigenvalue weighted by molar-refractivity contribution is -0.137. The van der Waals surface area contributed by atoms with Crippen molar-refractivity contribution in [3.8, 4) is 0 Å². The van der Waals surface area contributed by atoms with Crippen LogP contribution in [0.3, 0.4) is 0 Å². The fraction of sp³-hybridized carbons (Fsp3) is 0.500. The summed E-state index contributed by atoms with van der Waals surface area (Å²) in [6.07, 6.45) is 1.77. The molecule has 0 aromatic carbocycles. The smallest absolute Gasteiger partial charge is 0.321 e. The minimum atomic E-state index is -0.947. The van der Waals surface area contributed by atoms with Crippen molar-refractivity contribution in [3.63, 3.8) is 0 Å². The van der Waals surface area contributed by atoms with Crippen LogP contribution in [-0.2, 0) is 4.79 Å². The molecule has 0 aliphatic rings. The number of carboxylic acid groups (broad SMARTS) is 1. The molecule has 11 heavy (non-hydrogen) atoms. The number of rotatable bonds is 6. The first-order chi connectivity index (χ1) is 5.18. The number of nitrogens with two attached hydrogens (primary N) is 1. The van der Waals surface area contributed by atoms with Gasteiger partial charge < -0.3 is 10.8 Å². The largest absolute Gasteiger partial charge is 0.480 e. The molecule has 0 saturated carbocycles. The molecule has 0 saturated heterocycles. The highest BCUT2D eigenvalue weighted by molar-refractivity contribution is 8.76. The lowest BCUT2D eigenvalue weighted by atomic mass is 10.4. The van der Waals surface area contributed by atoms with Crippen LogP contribution >= 0.6 is 21.6 Å². The highest BCUT2D eigenvalue weighted by Crippen LogP contribution is 2.21. The zero-order valence-corrected chi connectivity index (χ0v) is 7.66. The van der Waals surface area contributed by atoms with Gasteiger partial charge in [-0.3, -0.25) is 4.79 Å². The third-order valence-corrected chi connectivity index (χ3v) is 3.18. The SMILES string of the molecule is C=CCSSC[C@@H](N)C(=O)O. The van der Waals surface area contributed by atoms with Crippen LogP contribution in [0.5, 0.6) is 0 Å². The van der Waals surface area contributed by atoms with Gasteiger partial charge in [-0.1, -0.05) is 27.7 Å². The Morgan fingerprint density at radius 1 is 1.73 bits per heavy atom. The van der Waals surface area contributed by atoms with Crippen molar-refractivity contribution in [1.29, 1.82) is 0 Å². The molecule has 5 heteroatoms. The van der Waals surface area contributed by atoms with Crippen LogP contribution in [0.1, 0.15) is 0 Å². The summed E-state index contributed by atoms with van der Waals surface area (Å²) in [6, 6.07) is -0.752.